The molecule has 0 saturated carbocycles. The molecule has 0 saturated heterocycles. The Hall–Kier alpha value is -1.69. The van der Waals surface area contributed by atoms with Gasteiger partial charge >= 0.3 is 0 Å². The lowest BCUT2D eigenvalue weighted by Gasteiger charge is -2.21. The van der Waals surface area contributed by atoms with Gasteiger partial charge in [0.1, 0.15) is 0 Å². The van der Waals surface area contributed by atoms with Gasteiger partial charge in [0.05, 0.1) is 11.5 Å². The van der Waals surface area contributed by atoms with Gasteiger partial charge in [-0.15, -0.1) is 0 Å². The average Bonchev–Trinajstić information content (AvgIpc) is 2.27. The summed E-state index contributed by atoms with van der Waals surface area (Å²) in [4.78, 5) is 27.5. The van der Waals surface area contributed by atoms with Crippen molar-refractivity contribution in [3.8, 4) is 0 Å². The number of carbonyl (C=O) groups is 1. The maximum atomic E-state index is 12.1. The summed E-state index contributed by atoms with van der Waals surface area (Å²) >= 11 is 4.80. The number of aromatic amines is 1. The standard InChI is InChI=1S/C11H15N3O2S/c1-2-5-14(7-9(12)17)11(16)8-3-4-13-10(15)6-8/h3-4,6H,2,5,7H2,1H3,(H2,12,17)(H,13,15). The molecule has 1 rings (SSSR count). The number of hydrogen-bond acceptors (Lipinski definition) is 3. The number of hydrogen-bond donors (Lipinski definition) is 2. The first kappa shape index (κ1) is 13.4. The van der Waals surface area contributed by atoms with E-state index in [0.29, 0.717) is 12.1 Å². The number of nitrogens with one attached hydrogen (secondary N) is 1. The van der Waals surface area contributed by atoms with E-state index >= 15 is 0 Å². The molecule has 1 aromatic heterocycles. The SMILES string of the molecule is CCCN(CC(N)=S)C(=O)c1cc[nH]c(=O)c1. The highest BCUT2D eigenvalue weighted by Crippen LogP contribution is 2.02. The normalized spacial score (nSPS) is 9.94. The van der Waals surface area contributed by atoms with Gasteiger partial charge in [0.2, 0.25) is 5.56 Å². The van der Waals surface area contributed by atoms with Crippen LogP contribution in [0.3, 0.4) is 0 Å². The number of thiocarbonyl (C=S) groups is 1. The monoisotopic (exact) mass is 253 g/mol. The van der Waals surface area contributed by atoms with Gasteiger partial charge in [-0.2, -0.15) is 0 Å². The second-order valence-corrected chi connectivity index (χ2v) is 4.16. The lowest BCUT2D eigenvalue weighted by molar-refractivity contribution is 0.0779. The lowest BCUT2D eigenvalue weighted by Crippen LogP contribution is -2.38. The predicted molar refractivity (Wildman–Crippen MR) is 70.0 cm³/mol. The molecule has 0 aliphatic carbocycles. The number of carbonyl (C=O) groups excluding carboxylic acids is 1. The van der Waals surface area contributed by atoms with Crippen LogP contribution in [0.25, 0.3) is 0 Å². The Labute approximate surface area is 105 Å². The van der Waals surface area contributed by atoms with E-state index in [1.165, 1.54) is 17.2 Å². The van der Waals surface area contributed by atoms with E-state index in [9.17, 15) is 9.59 Å². The van der Waals surface area contributed by atoms with Crippen LogP contribution in [-0.2, 0) is 0 Å². The minimum Gasteiger partial charge on any atom is -0.392 e. The van der Waals surface area contributed by atoms with Gasteiger partial charge in [0, 0.05) is 24.4 Å². The second kappa shape index (κ2) is 6.15. The van der Waals surface area contributed by atoms with Crippen molar-refractivity contribution in [2.45, 2.75) is 13.3 Å². The van der Waals surface area contributed by atoms with Crippen LogP contribution in [0.2, 0.25) is 0 Å². The molecular formula is C11H15N3O2S. The van der Waals surface area contributed by atoms with E-state index < -0.39 is 0 Å². The number of nitrogens with two attached hydrogens (primary N) is 1. The zero-order chi connectivity index (χ0) is 12.8. The number of pyridine rings is 1. The van der Waals surface area contributed by atoms with Crippen LogP contribution in [0, 0.1) is 0 Å². The number of aromatic nitrogens is 1. The maximum absolute atomic E-state index is 12.1. The highest BCUT2D eigenvalue weighted by molar-refractivity contribution is 7.80. The van der Waals surface area contributed by atoms with Crippen LogP contribution in [0.15, 0.2) is 23.1 Å². The first-order valence-electron chi connectivity index (χ1n) is 5.31. The topological polar surface area (TPSA) is 79.2 Å². The van der Waals surface area contributed by atoms with E-state index in [-0.39, 0.29) is 23.0 Å². The van der Waals surface area contributed by atoms with E-state index in [0.717, 1.165) is 6.42 Å². The van der Waals surface area contributed by atoms with Crippen molar-refractivity contribution in [2.75, 3.05) is 13.1 Å². The Morgan fingerprint density at radius 1 is 1.59 bits per heavy atom. The van der Waals surface area contributed by atoms with Crippen LogP contribution >= 0.6 is 12.2 Å². The van der Waals surface area contributed by atoms with Gasteiger partial charge in [-0.1, -0.05) is 19.1 Å². The van der Waals surface area contributed by atoms with Crippen LogP contribution < -0.4 is 11.3 Å². The molecule has 0 atom stereocenters. The summed E-state index contributed by atoms with van der Waals surface area (Å²) in [7, 11) is 0. The Bertz CT molecular complexity index is 470. The van der Waals surface area contributed by atoms with Gasteiger partial charge < -0.3 is 15.6 Å². The molecule has 0 fully saturated rings. The Morgan fingerprint density at radius 3 is 2.82 bits per heavy atom. The van der Waals surface area contributed by atoms with Crippen molar-refractivity contribution in [2.24, 2.45) is 5.73 Å². The smallest absolute Gasteiger partial charge is 0.254 e. The highest BCUT2D eigenvalue weighted by Gasteiger charge is 2.15. The summed E-state index contributed by atoms with van der Waals surface area (Å²) in [6, 6.07) is 2.83. The van der Waals surface area contributed by atoms with Crippen molar-refractivity contribution in [3.05, 3.63) is 34.2 Å². The third-order valence-corrected chi connectivity index (χ3v) is 2.28. The summed E-state index contributed by atoms with van der Waals surface area (Å²) in [5, 5.41) is 0. The fourth-order valence-electron chi connectivity index (χ4n) is 1.47. The number of H-pyrrole nitrogens is 1. The first-order chi connectivity index (χ1) is 8.04. The molecule has 1 amide bonds. The molecular weight excluding hydrogens is 238 g/mol. The van der Waals surface area contributed by atoms with Crippen molar-refractivity contribution < 1.29 is 4.79 Å². The number of rotatable bonds is 5. The maximum Gasteiger partial charge on any atom is 0.254 e. The Morgan fingerprint density at radius 2 is 2.29 bits per heavy atom. The fourth-order valence-corrected chi connectivity index (χ4v) is 1.63. The second-order valence-electron chi connectivity index (χ2n) is 3.63. The zero-order valence-electron chi connectivity index (χ0n) is 9.60. The van der Waals surface area contributed by atoms with Crippen LogP contribution in [0.5, 0.6) is 0 Å². The van der Waals surface area contributed by atoms with Gasteiger partial charge in [-0.3, -0.25) is 9.59 Å². The van der Waals surface area contributed by atoms with Gasteiger partial charge in [-0.25, -0.2) is 0 Å². The van der Waals surface area contributed by atoms with Crippen LogP contribution in [0.1, 0.15) is 23.7 Å². The van der Waals surface area contributed by atoms with E-state index in [2.05, 4.69) is 4.98 Å². The van der Waals surface area contributed by atoms with Crippen LogP contribution in [-0.4, -0.2) is 33.9 Å². The quantitative estimate of drug-likeness (QED) is 0.750. The summed E-state index contributed by atoms with van der Waals surface area (Å²) in [5.74, 6) is -0.231. The van der Waals surface area contributed by atoms with Crippen molar-refractivity contribution >= 4 is 23.1 Å². The van der Waals surface area contributed by atoms with Gasteiger partial charge in [0.15, 0.2) is 0 Å². The van der Waals surface area contributed by atoms with Crippen molar-refractivity contribution in [1.82, 2.24) is 9.88 Å². The fraction of sp³-hybridized carbons (Fsp3) is 0.364. The molecule has 3 N–H and O–H groups in total. The highest BCUT2D eigenvalue weighted by atomic mass is 32.1. The number of nitrogens with zero attached hydrogens (tertiary/aromatic N) is 1. The molecule has 0 aliphatic rings. The summed E-state index contributed by atoms with van der Waals surface area (Å²) < 4.78 is 0. The molecule has 0 radical (unpaired) electrons. The summed E-state index contributed by atoms with van der Waals surface area (Å²) in [6.45, 7) is 2.75. The molecule has 0 aliphatic heterocycles. The molecule has 0 bridgehead atoms. The molecule has 92 valence electrons. The molecule has 5 nitrogen and oxygen atoms in total. The van der Waals surface area contributed by atoms with E-state index in [1.807, 2.05) is 6.92 Å². The first-order valence-corrected chi connectivity index (χ1v) is 5.71. The third-order valence-electron chi connectivity index (χ3n) is 2.15. The Kier molecular flexibility index (Phi) is 4.84. The van der Waals surface area contributed by atoms with E-state index in [4.69, 9.17) is 18.0 Å². The Balaban J connectivity index is 2.91. The zero-order valence-corrected chi connectivity index (χ0v) is 10.4. The molecule has 1 heterocycles. The molecule has 1 aromatic rings. The van der Waals surface area contributed by atoms with Gasteiger partial charge in [0.25, 0.3) is 5.91 Å². The molecule has 17 heavy (non-hydrogen) atoms. The van der Waals surface area contributed by atoms with Crippen molar-refractivity contribution in [3.63, 3.8) is 0 Å². The molecule has 0 spiro atoms. The summed E-state index contributed by atoms with van der Waals surface area (Å²) in [6.07, 6.45) is 2.25. The lowest BCUT2D eigenvalue weighted by atomic mass is 10.2. The average molecular weight is 253 g/mol. The van der Waals surface area contributed by atoms with Crippen molar-refractivity contribution in [1.29, 1.82) is 0 Å². The molecule has 0 unspecified atom stereocenters. The molecule has 0 aromatic carbocycles. The largest absolute Gasteiger partial charge is 0.392 e. The minimum atomic E-state index is -0.303. The number of amides is 1. The van der Waals surface area contributed by atoms with Gasteiger partial charge in [-0.05, 0) is 12.5 Å². The molecule has 6 heteroatoms. The minimum absolute atomic E-state index is 0.231. The predicted octanol–water partition coefficient (Wildman–Crippen LogP) is 0.513. The summed E-state index contributed by atoms with van der Waals surface area (Å²) in [5.41, 5.74) is 5.48. The van der Waals surface area contributed by atoms with E-state index in [1.54, 1.807) is 6.07 Å². The van der Waals surface area contributed by atoms with Crippen LogP contribution in [0.4, 0.5) is 0 Å². The third kappa shape index (κ3) is 3.99.